The smallest absolute Gasteiger partial charge is 0.135 e. The van der Waals surface area contributed by atoms with Crippen molar-refractivity contribution in [2.75, 3.05) is 0 Å². The van der Waals surface area contributed by atoms with Crippen molar-refractivity contribution in [3.05, 3.63) is 35.6 Å². The van der Waals surface area contributed by atoms with Gasteiger partial charge in [-0.15, -0.1) is 0 Å². The van der Waals surface area contributed by atoms with Crippen LogP contribution in [-0.4, -0.2) is 10.8 Å². The van der Waals surface area contributed by atoms with E-state index in [0.717, 1.165) is 0 Å². The van der Waals surface area contributed by atoms with Gasteiger partial charge >= 0.3 is 0 Å². The first-order chi connectivity index (χ1) is 5.91. The number of halogens is 2. The second-order valence-electron chi connectivity index (χ2n) is 3.52. The Kier molecular flexibility index (Phi) is 2.66. The minimum Gasteiger partial charge on any atom is -0.385 e. The molecule has 1 aromatic carbocycles. The molecule has 0 saturated carbocycles. The molecule has 1 atom stereocenters. The van der Waals surface area contributed by atoms with E-state index in [1.165, 1.54) is 38.1 Å². The van der Waals surface area contributed by atoms with E-state index in [9.17, 15) is 13.9 Å². The van der Waals surface area contributed by atoms with Gasteiger partial charge < -0.3 is 5.11 Å². The lowest BCUT2D eigenvalue weighted by Gasteiger charge is -2.21. The van der Waals surface area contributed by atoms with Crippen LogP contribution in [0.3, 0.4) is 0 Å². The van der Waals surface area contributed by atoms with Crippen LogP contribution in [-0.2, 0) is 0 Å². The molecule has 0 aliphatic rings. The van der Waals surface area contributed by atoms with E-state index in [-0.39, 0.29) is 0 Å². The van der Waals surface area contributed by atoms with Crippen molar-refractivity contribution < 1.29 is 13.9 Å². The quantitative estimate of drug-likeness (QED) is 0.752. The van der Waals surface area contributed by atoms with Crippen LogP contribution < -0.4 is 0 Å². The van der Waals surface area contributed by atoms with Gasteiger partial charge in [-0.1, -0.05) is 12.1 Å². The number of hydrogen-bond donors (Lipinski definition) is 1. The maximum atomic E-state index is 13.2. The van der Waals surface area contributed by atoms with Crippen LogP contribution in [0.4, 0.5) is 8.78 Å². The number of alkyl halides is 1. The molecule has 0 bridgehead atoms. The van der Waals surface area contributed by atoms with Gasteiger partial charge in [0.05, 0.1) is 0 Å². The van der Waals surface area contributed by atoms with Gasteiger partial charge in [0.25, 0.3) is 0 Å². The Balaban J connectivity index is 2.90. The van der Waals surface area contributed by atoms with Crippen LogP contribution in [0.15, 0.2) is 24.3 Å². The van der Waals surface area contributed by atoms with E-state index < -0.39 is 17.6 Å². The highest BCUT2D eigenvalue weighted by Gasteiger charge is 2.28. The fourth-order valence-corrected chi connectivity index (χ4v) is 1.04. The van der Waals surface area contributed by atoms with Crippen LogP contribution in [0.5, 0.6) is 0 Å². The first-order valence-corrected chi connectivity index (χ1v) is 4.03. The zero-order chi connectivity index (χ0) is 10.1. The topological polar surface area (TPSA) is 20.2 Å². The van der Waals surface area contributed by atoms with E-state index in [1.54, 1.807) is 0 Å². The highest BCUT2D eigenvalue weighted by molar-refractivity contribution is 5.20. The molecule has 0 amide bonds. The molecular weight excluding hydrogens is 174 g/mol. The fourth-order valence-electron chi connectivity index (χ4n) is 1.04. The van der Waals surface area contributed by atoms with Crippen molar-refractivity contribution in [3.63, 3.8) is 0 Å². The fraction of sp³-hybridized carbons (Fsp3) is 0.400. The van der Waals surface area contributed by atoms with Crippen molar-refractivity contribution in [2.45, 2.75) is 25.6 Å². The third kappa shape index (κ3) is 2.49. The lowest BCUT2D eigenvalue weighted by atomic mass is 9.96. The predicted molar refractivity (Wildman–Crippen MR) is 46.5 cm³/mol. The van der Waals surface area contributed by atoms with Crippen LogP contribution in [0.2, 0.25) is 0 Å². The Bertz CT molecular complexity index is 274. The molecule has 0 aliphatic carbocycles. The summed E-state index contributed by atoms with van der Waals surface area (Å²) in [6.45, 7) is 2.56. The minimum absolute atomic E-state index is 0.383. The molecule has 1 aromatic rings. The monoisotopic (exact) mass is 186 g/mol. The summed E-state index contributed by atoms with van der Waals surface area (Å²) in [5.74, 6) is -0.396. The molecule has 1 rings (SSSR count). The Morgan fingerprint density at radius 2 is 1.69 bits per heavy atom. The van der Waals surface area contributed by atoms with Crippen LogP contribution in [0.1, 0.15) is 25.5 Å². The van der Waals surface area contributed by atoms with Gasteiger partial charge in [0.15, 0.2) is 0 Å². The second-order valence-corrected chi connectivity index (χ2v) is 3.52. The van der Waals surface area contributed by atoms with Gasteiger partial charge in [-0.3, -0.25) is 0 Å². The summed E-state index contributed by atoms with van der Waals surface area (Å²) in [6, 6.07) is 5.15. The molecule has 1 unspecified atom stereocenters. The molecule has 1 nitrogen and oxygen atoms in total. The average molecular weight is 186 g/mol. The lowest BCUT2D eigenvalue weighted by Crippen LogP contribution is -2.23. The number of benzene rings is 1. The van der Waals surface area contributed by atoms with Crippen LogP contribution >= 0.6 is 0 Å². The number of aliphatic hydroxyl groups is 1. The zero-order valence-electron chi connectivity index (χ0n) is 7.59. The Morgan fingerprint density at radius 3 is 2.08 bits per heavy atom. The van der Waals surface area contributed by atoms with Gasteiger partial charge in [0.2, 0.25) is 0 Å². The molecule has 0 aliphatic heterocycles. The standard InChI is InChI=1S/C10H12F2O/c1-10(2,12)9(13)7-3-5-8(11)6-4-7/h3-6,9,13H,1-2H3. The minimum atomic E-state index is -1.71. The molecule has 0 radical (unpaired) electrons. The third-order valence-electron chi connectivity index (χ3n) is 1.84. The Labute approximate surface area is 76.0 Å². The van der Waals surface area contributed by atoms with Gasteiger partial charge in [0, 0.05) is 0 Å². The third-order valence-corrected chi connectivity index (χ3v) is 1.84. The molecule has 0 aromatic heterocycles. The molecule has 0 spiro atoms. The lowest BCUT2D eigenvalue weighted by molar-refractivity contribution is 0.0161. The predicted octanol–water partition coefficient (Wildman–Crippen LogP) is 2.61. The molecule has 0 heterocycles. The Morgan fingerprint density at radius 1 is 1.23 bits per heavy atom. The van der Waals surface area contributed by atoms with Gasteiger partial charge in [0.1, 0.15) is 17.6 Å². The second kappa shape index (κ2) is 3.42. The van der Waals surface area contributed by atoms with Gasteiger partial charge in [-0.2, -0.15) is 0 Å². The van der Waals surface area contributed by atoms with Crippen molar-refractivity contribution >= 4 is 0 Å². The summed E-state index contributed by atoms with van der Waals surface area (Å²) < 4.78 is 25.7. The van der Waals surface area contributed by atoms with E-state index in [4.69, 9.17) is 0 Å². The first-order valence-electron chi connectivity index (χ1n) is 4.03. The van der Waals surface area contributed by atoms with Crippen molar-refractivity contribution in [1.29, 1.82) is 0 Å². The highest BCUT2D eigenvalue weighted by atomic mass is 19.1. The molecule has 13 heavy (non-hydrogen) atoms. The normalized spacial score (nSPS) is 14.2. The van der Waals surface area contributed by atoms with Crippen molar-refractivity contribution in [3.8, 4) is 0 Å². The zero-order valence-corrected chi connectivity index (χ0v) is 7.59. The largest absolute Gasteiger partial charge is 0.385 e. The first kappa shape index (κ1) is 10.1. The summed E-state index contributed by atoms with van der Waals surface area (Å²) in [5.41, 5.74) is -1.33. The molecular formula is C10H12F2O. The van der Waals surface area contributed by atoms with Crippen molar-refractivity contribution in [2.24, 2.45) is 0 Å². The summed E-state index contributed by atoms with van der Waals surface area (Å²) in [4.78, 5) is 0. The highest BCUT2D eigenvalue weighted by Crippen LogP contribution is 2.28. The number of hydrogen-bond acceptors (Lipinski definition) is 1. The van der Waals surface area contributed by atoms with Crippen molar-refractivity contribution in [1.82, 2.24) is 0 Å². The van der Waals surface area contributed by atoms with E-state index in [0.29, 0.717) is 5.56 Å². The Hall–Kier alpha value is -0.960. The number of aliphatic hydroxyl groups excluding tert-OH is 1. The van der Waals surface area contributed by atoms with E-state index in [1.807, 2.05) is 0 Å². The molecule has 0 saturated heterocycles. The maximum absolute atomic E-state index is 13.2. The summed E-state index contributed by atoms with van der Waals surface area (Å²) >= 11 is 0. The molecule has 1 N–H and O–H groups in total. The summed E-state index contributed by atoms with van der Waals surface area (Å²) in [6.07, 6.45) is -1.21. The molecule has 0 fully saturated rings. The molecule has 72 valence electrons. The molecule has 3 heteroatoms. The average Bonchev–Trinajstić information content (AvgIpc) is 2.03. The van der Waals surface area contributed by atoms with Gasteiger partial charge in [-0.25, -0.2) is 8.78 Å². The van der Waals surface area contributed by atoms with E-state index in [2.05, 4.69) is 0 Å². The van der Waals surface area contributed by atoms with Crippen LogP contribution in [0.25, 0.3) is 0 Å². The maximum Gasteiger partial charge on any atom is 0.135 e. The SMILES string of the molecule is CC(C)(F)C(O)c1ccc(F)cc1. The van der Waals surface area contributed by atoms with E-state index >= 15 is 0 Å². The van der Waals surface area contributed by atoms with Crippen LogP contribution in [0, 0.1) is 5.82 Å². The number of rotatable bonds is 2. The summed E-state index contributed by atoms with van der Waals surface area (Å²) in [7, 11) is 0. The summed E-state index contributed by atoms with van der Waals surface area (Å²) in [5, 5.41) is 9.45. The van der Waals surface area contributed by atoms with Gasteiger partial charge in [-0.05, 0) is 31.5 Å².